The molecule has 0 spiro atoms. The predicted molar refractivity (Wildman–Crippen MR) is 142 cm³/mol. The van der Waals surface area contributed by atoms with Crippen molar-refractivity contribution in [3.63, 3.8) is 0 Å². The maximum absolute atomic E-state index is 6.48. The molecule has 9 nitrogen and oxygen atoms in total. The summed E-state index contributed by atoms with van der Waals surface area (Å²) >= 11 is 0. The molecular weight excluding hydrogens is 466 g/mol. The molecule has 3 aromatic heterocycles. The molecule has 0 bridgehead atoms. The number of anilines is 1. The fourth-order valence-corrected chi connectivity index (χ4v) is 5.21. The van der Waals surface area contributed by atoms with Gasteiger partial charge in [0.1, 0.15) is 6.10 Å². The Morgan fingerprint density at radius 3 is 2.51 bits per heavy atom. The monoisotopic (exact) mass is 499 g/mol. The van der Waals surface area contributed by atoms with Gasteiger partial charge in [-0.2, -0.15) is 10.2 Å². The molecule has 0 saturated carbocycles. The Morgan fingerprint density at radius 2 is 1.76 bits per heavy atom. The van der Waals surface area contributed by atoms with E-state index in [2.05, 4.69) is 73.3 Å². The van der Waals surface area contributed by atoms with Crippen LogP contribution >= 0.6 is 0 Å². The van der Waals surface area contributed by atoms with E-state index in [-0.39, 0.29) is 6.10 Å². The van der Waals surface area contributed by atoms with Crippen LogP contribution < -0.4 is 9.64 Å². The number of imidazole rings is 1. The topological polar surface area (TPSA) is 80.9 Å². The molecule has 2 fully saturated rings. The summed E-state index contributed by atoms with van der Waals surface area (Å²) in [6.45, 7) is 12.1. The molecule has 192 valence electrons. The van der Waals surface area contributed by atoms with Crippen LogP contribution in [0.2, 0.25) is 0 Å². The summed E-state index contributed by atoms with van der Waals surface area (Å²) in [6.07, 6.45) is 3.09. The van der Waals surface area contributed by atoms with Crippen LogP contribution in [-0.4, -0.2) is 75.0 Å². The van der Waals surface area contributed by atoms with E-state index < -0.39 is 0 Å². The van der Waals surface area contributed by atoms with Crippen molar-refractivity contribution in [1.82, 2.24) is 29.5 Å². The Hall–Kier alpha value is -3.56. The number of fused-ring (bicyclic) bond motifs is 1. The van der Waals surface area contributed by atoms with Crippen LogP contribution in [0.4, 0.5) is 5.69 Å². The van der Waals surface area contributed by atoms with E-state index in [4.69, 9.17) is 9.47 Å². The number of nitrogens with zero attached hydrogens (tertiary/aromatic N) is 7. The smallest absolute Gasteiger partial charge is 0.234 e. The largest absolute Gasteiger partial charge is 0.485 e. The number of aromatic nitrogens is 5. The predicted octanol–water partition coefficient (Wildman–Crippen LogP) is 3.60. The molecule has 0 radical (unpaired) electrons. The van der Waals surface area contributed by atoms with Gasteiger partial charge in [-0.15, -0.1) is 0 Å². The molecule has 0 aliphatic carbocycles. The number of hydrogen-bond donors (Lipinski definition) is 0. The van der Waals surface area contributed by atoms with Crippen LogP contribution in [0, 0.1) is 20.8 Å². The SMILES string of the molecule is Cc1cn2c(C)c(O[C@@H]3CCN(c4ccc(-c5ccc(CN6CCOCC6)nn5)cc4)C3)c(C)nc2n1. The van der Waals surface area contributed by atoms with Crippen molar-refractivity contribution in [3.05, 3.63) is 65.4 Å². The van der Waals surface area contributed by atoms with Gasteiger partial charge in [0.05, 0.1) is 48.2 Å². The number of rotatable bonds is 6. The van der Waals surface area contributed by atoms with Gasteiger partial charge in [-0.05, 0) is 45.0 Å². The van der Waals surface area contributed by atoms with Gasteiger partial charge in [0.2, 0.25) is 5.78 Å². The summed E-state index contributed by atoms with van der Waals surface area (Å²) in [5.41, 5.74) is 7.04. The van der Waals surface area contributed by atoms with Gasteiger partial charge in [-0.3, -0.25) is 9.30 Å². The molecule has 6 rings (SSSR count). The zero-order valence-electron chi connectivity index (χ0n) is 21.7. The highest BCUT2D eigenvalue weighted by atomic mass is 16.5. The van der Waals surface area contributed by atoms with Crippen LogP contribution in [0.3, 0.4) is 0 Å². The number of ether oxygens (including phenoxy) is 2. The Labute approximate surface area is 217 Å². The molecule has 1 atom stereocenters. The summed E-state index contributed by atoms with van der Waals surface area (Å²) in [5, 5.41) is 8.95. The van der Waals surface area contributed by atoms with Crippen molar-refractivity contribution in [3.8, 4) is 17.0 Å². The number of aryl methyl sites for hydroxylation is 3. The lowest BCUT2D eigenvalue weighted by molar-refractivity contribution is 0.0335. The first-order valence-electron chi connectivity index (χ1n) is 13.0. The molecular formula is C28H33N7O2. The van der Waals surface area contributed by atoms with Crippen LogP contribution in [0.1, 0.15) is 29.2 Å². The van der Waals surface area contributed by atoms with Crippen LogP contribution in [0.25, 0.3) is 17.0 Å². The number of benzene rings is 1. The van der Waals surface area contributed by atoms with Gasteiger partial charge in [0, 0.05) is 50.0 Å². The van der Waals surface area contributed by atoms with Gasteiger partial charge < -0.3 is 14.4 Å². The lowest BCUT2D eigenvalue weighted by atomic mass is 10.1. The minimum Gasteiger partial charge on any atom is -0.485 e. The van der Waals surface area contributed by atoms with E-state index in [1.807, 2.05) is 24.4 Å². The first-order valence-corrected chi connectivity index (χ1v) is 13.0. The zero-order valence-corrected chi connectivity index (χ0v) is 21.7. The summed E-state index contributed by atoms with van der Waals surface area (Å²) in [4.78, 5) is 13.9. The van der Waals surface area contributed by atoms with Crippen LogP contribution in [0.15, 0.2) is 42.6 Å². The van der Waals surface area contributed by atoms with Gasteiger partial charge in [-0.25, -0.2) is 9.97 Å². The van der Waals surface area contributed by atoms with E-state index in [9.17, 15) is 0 Å². The van der Waals surface area contributed by atoms with Crippen LogP contribution in [0.5, 0.6) is 5.75 Å². The average Bonchev–Trinajstić information content (AvgIpc) is 3.54. The molecule has 0 unspecified atom stereocenters. The fourth-order valence-electron chi connectivity index (χ4n) is 5.21. The highest BCUT2D eigenvalue weighted by Gasteiger charge is 2.26. The fraction of sp³-hybridized carbons (Fsp3) is 0.429. The molecule has 2 aliphatic heterocycles. The van der Waals surface area contributed by atoms with Crippen LogP contribution in [-0.2, 0) is 11.3 Å². The first-order chi connectivity index (χ1) is 18.0. The molecule has 9 heteroatoms. The molecule has 5 heterocycles. The summed E-state index contributed by atoms with van der Waals surface area (Å²) in [7, 11) is 0. The first kappa shape index (κ1) is 23.8. The van der Waals surface area contributed by atoms with Gasteiger partial charge >= 0.3 is 0 Å². The summed E-state index contributed by atoms with van der Waals surface area (Å²) < 4.78 is 13.9. The standard InChI is InChI=1S/C28H33N7O2/c1-19-16-35-21(3)27(20(2)30-28(35)29-19)37-25-10-11-34(18-25)24-7-4-22(5-8-24)26-9-6-23(31-32-26)17-33-12-14-36-15-13-33/h4-9,16,25H,10-15,17-18H2,1-3H3/t25-/m1/s1. The average molecular weight is 500 g/mol. The lowest BCUT2D eigenvalue weighted by Crippen LogP contribution is -2.35. The molecule has 0 amide bonds. The van der Waals surface area contributed by atoms with Gasteiger partial charge in [-0.1, -0.05) is 12.1 Å². The van der Waals surface area contributed by atoms with E-state index >= 15 is 0 Å². The maximum Gasteiger partial charge on any atom is 0.234 e. The van der Waals surface area contributed by atoms with E-state index in [0.717, 1.165) is 97.9 Å². The van der Waals surface area contributed by atoms with Gasteiger partial charge in [0.25, 0.3) is 0 Å². The van der Waals surface area contributed by atoms with Crippen molar-refractivity contribution < 1.29 is 9.47 Å². The van der Waals surface area contributed by atoms with Crippen molar-refractivity contribution >= 4 is 11.5 Å². The Morgan fingerprint density at radius 1 is 0.946 bits per heavy atom. The van der Waals surface area contributed by atoms with Crippen molar-refractivity contribution in [2.45, 2.75) is 39.8 Å². The highest BCUT2D eigenvalue weighted by molar-refractivity contribution is 5.63. The molecule has 0 N–H and O–H groups in total. The molecule has 37 heavy (non-hydrogen) atoms. The molecule has 1 aromatic carbocycles. The molecule has 2 aliphatic rings. The van der Waals surface area contributed by atoms with Gasteiger partial charge in [0.15, 0.2) is 5.75 Å². The summed E-state index contributed by atoms with van der Waals surface area (Å²) in [6, 6.07) is 12.7. The van der Waals surface area contributed by atoms with Crippen molar-refractivity contribution in [2.24, 2.45) is 0 Å². The quantitative estimate of drug-likeness (QED) is 0.398. The maximum atomic E-state index is 6.48. The minimum atomic E-state index is 0.117. The second-order valence-corrected chi connectivity index (χ2v) is 9.98. The Balaban J connectivity index is 1.09. The summed E-state index contributed by atoms with van der Waals surface area (Å²) in [5.74, 6) is 1.59. The number of morpholine rings is 1. The van der Waals surface area contributed by atoms with E-state index in [1.54, 1.807) is 0 Å². The minimum absolute atomic E-state index is 0.117. The normalized spacial score (nSPS) is 18.6. The molecule has 2 saturated heterocycles. The third-order valence-corrected chi connectivity index (χ3v) is 7.26. The number of hydrogen-bond acceptors (Lipinski definition) is 8. The van der Waals surface area contributed by atoms with Crippen molar-refractivity contribution in [2.75, 3.05) is 44.3 Å². The highest BCUT2D eigenvalue weighted by Crippen LogP contribution is 2.29. The van der Waals surface area contributed by atoms with Crippen molar-refractivity contribution in [1.29, 1.82) is 0 Å². The van der Waals surface area contributed by atoms with E-state index in [1.165, 1.54) is 5.69 Å². The second kappa shape index (κ2) is 10.1. The Bertz CT molecular complexity index is 1380. The lowest BCUT2D eigenvalue weighted by Gasteiger charge is -2.25. The van der Waals surface area contributed by atoms with E-state index in [0.29, 0.717) is 0 Å². The third kappa shape index (κ3) is 5.01. The third-order valence-electron chi connectivity index (χ3n) is 7.26. The zero-order chi connectivity index (χ0) is 25.4. The second-order valence-electron chi connectivity index (χ2n) is 9.98. The molecule has 4 aromatic rings. The Kier molecular flexibility index (Phi) is 6.48.